The van der Waals surface area contributed by atoms with Crippen molar-refractivity contribution in [3.63, 3.8) is 0 Å². The number of carbonyl (C=O) groups is 1. The third-order valence-electron chi connectivity index (χ3n) is 4.58. The maximum absolute atomic E-state index is 12.2. The van der Waals surface area contributed by atoms with E-state index in [1.54, 1.807) is 11.3 Å². The maximum atomic E-state index is 12.2. The fraction of sp³-hybridized carbons (Fsp3) is 0.706. The maximum Gasteiger partial charge on any atom is 0.317 e. The summed E-state index contributed by atoms with van der Waals surface area (Å²) < 4.78 is 5.93. The van der Waals surface area contributed by atoms with E-state index in [0.29, 0.717) is 18.6 Å². The van der Waals surface area contributed by atoms with Crippen molar-refractivity contribution in [2.75, 3.05) is 26.2 Å². The molecule has 3 rings (SSSR count). The van der Waals surface area contributed by atoms with E-state index >= 15 is 0 Å². The van der Waals surface area contributed by atoms with Crippen molar-refractivity contribution in [1.82, 2.24) is 10.2 Å². The molecule has 4 nitrogen and oxygen atoms in total. The molecular weight excluding hydrogens is 296 g/mol. The Balaban J connectivity index is 1.34. The Morgan fingerprint density at radius 3 is 2.82 bits per heavy atom. The summed E-state index contributed by atoms with van der Waals surface area (Å²) in [6.45, 7) is 5.42. The second-order valence-corrected chi connectivity index (χ2v) is 7.54. The van der Waals surface area contributed by atoms with E-state index in [2.05, 4.69) is 29.8 Å². The van der Waals surface area contributed by atoms with Crippen LogP contribution in [0, 0.1) is 5.92 Å². The molecule has 0 radical (unpaired) electrons. The second-order valence-electron chi connectivity index (χ2n) is 6.57. The Morgan fingerprint density at radius 2 is 2.18 bits per heavy atom. The van der Waals surface area contributed by atoms with Crippen molar-refractivity contribution >= 4 is 17.4 Å². The Hall–Kier alpha value is -1.07. The third kappa shape index (κ3) is 4.46. The van der Waals surface area contributed by atoms with Gasteiger partial charge >= 0.3 is 6.03 Å². The zero-order chi connectivity index (χ0) is 15.4. The van der Waals surface area contributed by atoms with E-state index in [-0.39, 0.29) is 6.03 Å². The molecule has 1 saturated heterocycles. The van der Waals surface area contributed by atoms with Crippen LogP contribution in [-0.4, -0.2) is 43.3 Å². The van der Waals surface area contributed by atoms with Gasteiger partial charge < -0.3 is 15.0 Å². The topological polar surface area (TPSA) is 41.6 Å². The van der Waals surface area contributed by atoms with Gasteiger partial charge in [0.2, 0.25) is 0 Å². The molecule has 2 aliphatic rings. The predicted octanol–water partition coefficient (Wildman–Crippen LogP) is 3.45. The van der Waals surface area contributed by atoms with Crippen molar-refractivity contribution in [3.05, 3.63) is 22.4 Å². The van der Waals surface area contributed by atoms with Gasteiger partial charge in [0.15, 0.2) is 0 Å². The summed E-state index contributed by atoms with van der Waals surface area (Å²) in [7, 11) is 0. The van der Waals surface area contributed by atoms with Gasteiger partial charge in [0, 0.05) is 37.0 Å². The van der Waals surface area contributed by atoms with Gasteiger partial charge in [-0.3, -0.25) is 0 Å². The first-order chi connectivity index (χ1) is 10.7. The van der Waals surface area contributed by atoms with E-state index in [9.17, 15) is 4.79 Å². The van der Waals surface area contributed by atoms with E-state index in [0.717, 1.165) is 38.5 Å². The van der Waals surface area contributed by atoms with Crippen LogP contribution in [0.15, 0.2) is 17.5 Å². The van der Waals surface area contributed by atoms with Gasteiger partial charge in [0.25, 0.3) is 0 Å². The lowest BCUT2D eigenvalue weighted by Gasteiger charge is -2.32. The number of hydrogen-bond acceptors (Lipinski definition) is 3. The number of ether oxygens (including phenoxy) is 1. The average molecular weight is 322 g/mol. The standard InChI is InChI=1S/C17H26N2O2S/c1-13(16-3-2-10-22-16)11-18-17(20)19-8-6-15(7-9-19)21-12-14-4-5-14/h2-3,10,13-15H,4-9,11-12H2,1H3,(H,18,20)/t13-/m1/s1. The molecule has 1 N–H and O–H groups in total. The van der Waals surface area contributed by atoms with Gasteiger partial charge in [-0.05, 0) is 43.0 Å². The molecule has 1 aliphatic heterocycles. The van der Waals surface area contributed by atoms with Crippen molar-refractivity contribution < 1.29 is 9.53 Å². The number of thiophene rings is 1. The first kappa shape index (κ1) is 15.8. The highest BCUT2D eigenvalue weighted by Crippen LogP contribution is 2.30. The van der Waals surface area contributed by atoms with Crippen molar-refractivity contribution in [2.45, 2.75) is 44.6 Å². The number of hydrogen-bond donors (Lipinski definition) is 1. The zero-order valence-corrected chi connectivity index (χ0v) is 14.1. The summed E-state index contributed by atoms with van der Waals surface area (Å²) in [4.78, 5) is 15.5. The Labute approximate surface area is 136 Å². The predicted molar refractivity (Wildman–Crippen MR) is 89.4 cm³/mol. The molecule has 0 aromatic carbocycles. The zero-order valence-electron chi connectivity index (χ0n) is 13.3. The molecule has 1 aromatic heterocycles. The van der Waals surface area contributed by atoms with E-state index in [1.807, 2.05) is 4.90 Å². The van der Waals surface area contributed by atoms with Crippen LogP contribution in [0.25, 0.3) is 0 Å². The molecule has 5 heteroatoms. The number of rotatable bonds is 6. The molecule has 1 aromatic rings. The minimum atomic E-state index is 0.0732. The lowest BCUT2D eigenvalue weighted by Crippen LogP contribution is -2.46. The monoisotopic (exact) mass is 322 g/mol. The Morgan fingerprint density at radius 1 is 1.41 bits per heavy atom. The molecule has 0 spiro atoms. The lowest BCUT2D eigenvalue weighted by molar-refractivity contribution is 0.00948. The number of carbonyl (C=O) groups excluding carboxylic acids is 1. The smallest absolute Gasteiger partial charge is 0.317 e. The first-order valence-electron chi connectivity index (χ1n) is 8.40. The molecule has 2 fully saturated rings. The summed E-state index contributed by atoms with van der Waals surface area (Å²) >= 11 is 1.75. The van der Waals surface area contributed by atoms with Crippen LogP contribution in [-0.2, 0) is 4.74 Å². The largest absolute Gasteiger partial charge is 0.378 e. The van der Waals surface area contributed by atoms with Gasteiger partial charge in [-0.25, -0.2) is 4.79 Å². The lowest BCUT2D eigenvalue weighted by atomic mass is 10.1. The van der Waals surface area contributed by atoms with Crippen molar-refractivity contribution in [2.24, 2.45) is 5.92 Å². The van der Waals surface area contributed by atoms with Crippen LogP contribution in [0.5, 0.6) is 0 Å². The van der Waals surface area contributed by atoms with Gasteiger partial charge in [-0.2, -0.15) is 0 Å². The van der Waals surface area contributed by atoms with Crippen molar-refractivity contribution in [3.8, 4) is 0 Å². The first-order valence-corrected chi connectivity index (χ1v) is 9.28. The Kier molecular flexibility index (Phi) is 5.37. The van der Waals surface area contributed by atoms with Gasteiger partial charge in [-0.1, -0.05) is 13.0 Å². The quantitative estimate of drug-likeness (QED) is 0.871. The van der Waals surface area contributed by atoms with Gasteiger partial charge in [0.1, 0.15) is 0 Å². The molecule has 122 valence electrons. The summed E-state index contributed by atoms with van der Waals surface area (Å²) in [6.07, 6.45) is 4.98. The summed E-state index contributed by atoms with van der Waals surface area (Å²) in [6, 6.07) is 4.26. The summed E-state index contributed by atoms with van der Waals surface area (Å²) in [5.41, 5.74) is 0. The van der Waals surface area contributed by atoms with Gasteiger partial charge in [0.05, 0.1) is 6.10 Å². The van der Waals surface area contributed by atoms with Crippen LogP contribution in [0.3, 0.4) is 0 Å². The average Bonchev–Trinajstić information content (AvgIpc) is 3.22. The van der Waals surface area contributed by atoms with Crippen LogP contribution in [0.1, 0.15) is 43.4 Å². The van der Waals surface area contributed by atoms with E-state index < -0.39 is 0 Å². The highest BCUT2D eigenvalue weighted by molar-refractivity contribution is 7.10. The molecule has 2 amide bonds. The van der Waals surface area contributed by atoms with Gasteiger partial charge in [-0.15, -0.1) is 11.3 Å². The van der Waals surface area contributed by atoms with E-state index in [4.69, 9.17) is 4.74 Å². The van der Waals surface area contributed by atoms with E-state index in [1.165, 1.54) is 17.7 Å². The van der Waals surface area contributed by atoms with Crippen LogP contribution >= 0.6 is 11.3 Å². The minimum absolute atomic E-state index is 0.0732. The molecule has 0 unspecified atom stereocenters. The fourth-order valence-corrected chi connectivity index (χ4v) is 3.59. The number of piperidine rings is 1. The molecule has 1 saturated carbocycles. The number of urea groups is 1. The van der Waals surface area contributed by atoms with Crippen LogP contribution in [0.4, 0.5) is 4.79 Å². The highest BCUT2D eigenvalue weighted by atomic mass is 32.1. The van der Waals surface area contributed by atoms with Crippen LogP contribution in [0.2, 0.25) is 0 Å². The highest BCUT2D eigenvalue weighted by Gasteiger charge is 2.26. The number of amides is 2. The summed E-state index contributed by atoms with van der Waals surface area (Å²) in [5.74, 6) is 1.20. The van der Waals surface area contributed by atoms with Crippen LogP contribution < -0.4 is 5.32 Å². The molecule has 2 heterocycles. The minimum Gasteiger partial charge on any atom is -0.378 e. The molecule has 1 aliphatic carbocycles. The third-order valence-corrected chi connectivity index (χ3v) is 5.69. The SMILES string of the molecule is C[C@H](CNC(=O)N1CCC(OCC2CC2)CC1)c1cccs1. The fourth-order valence-electron chi connectivity index (χ4n) is 2.81. The molecule has 1 atom stereocenters. The molecular formula is C17H26N2O2S. The molecule has 22 heavy (non-hydrogen) atoms. The number of nitrogens with one attached hydrogen (secondary N) is 1. The number of nitrogens with zero attached hydrogens (tertiary/aromatic N) is 1. The number of likely N-dealkylation sites (tertiary alicyclic amines) is 1. The normalized spacial score (nSPS) is 20.9. The molecule has 0 bridgehead atoms. The Bertz CT molecular complexity index is 465. The summed E-state index contributed by atoms with van der Waals surface area (Å²) in [5, 5.41) is 5.15. The van der Waals surface area contributed by atoms with Crippen molar-refractivity contribution in [1.29, 1.82) is 0 Å². The second kappa shape index (κ2) is 7.47.